The summed E-state index contributed by atoms with van der Waals surface area (Å²) in [4.78, 5) is 19.1. The third-order valence-corrected chi connectivity index (χ3v) is 7.05. The summed E-state index contributed by atoms with van der Waals surface area (Å²) in [6.07, 6.45) is 4.73. The van der Waals surface area contributed by atoms with E-state index in [9.17, 15) is 4.79 Å². The fourth-order valence-electron chi connectivity index (χ4n) is 5.11. The van der Waals surface area contributed by atoms with E-state index in [2.05, 4.69) is 42.1 Å². The average molecular weight is 416 g/mol. The van der Waals surface area contributed by atoms with Crippen LogP contribution in [-0.4, -0.2) is 87.9 Å². The molecular formula is C23H33N3O4. The first-order valence-electron chi connectivity index (χ1n) is 10.8. The molecule has 2 heterocycles. The molecule has 1 aromatic rings. The Hall–Kier alpha value is -2.25. The minimum atomic E-state index is -0.214. The number of likely N-dealkylation sites (N-methyl/N-ethyl adjacent to an activating group) is 2. The fourth-order valence-corrected chi connectivity index (χ4v) is 5.11. The molecule has 0 bridgehead atoms. The van der Waals surface area contributed by atoms with E-state index in [0.717, 1.165) is 69.2 Å². The number of amides is 1. The van der Waals surface area contributed by atoms with E-state index in [0.29, 0.717) is 0 Å². The molecule has 7 heteroatoms. The number of carbonyl (C=O) groups is 1. The first-order chi connectivity index (χ1) is 14.5. The molecule has 0 radical (unpaired) electrons. The molecule has 1 amide bonds. The van der Waals surface area contributed by atoms with Crippen LogP contribution in [0.3, 0.4) is 0 Å². The maximum atomic E-state index is 12.7. The van der Waals surface area contributed by atoms with Gasteiger partial charge in [-0.2, -0.15) is 0 Å². The van der Waals surface area contributed by atoms with Gasteiger partial charge in [-0.05, 0) is 57.3 Å². The van der Waals surface area contributed by atoms with Gasteiger partial charge in [0.1, 0.15) is 5.76 Å². The van der Waals surface area contributed by atoms with Gasteiger partial charge < -0.3 is 24.0 Å². The largest absolute Gasteiger partial charge is 0.493 e. The van der Waals surface area contributed by atoms with E-state index in [4.69, 9.17) is 14.2 Å². The minimum absolute atomic E-state index is 0.00194. The van der Waals surface area contributed by atoms with Crippen LogP contribution in [0.2, 0.25) is 0 Å². The van der Waals surface area contributed by atoms with Crippen molar-refractivity contribution in [1.82, 2.24) is 14.7 Å². The van der Waals surface area contributed by atoms with Crippen molar-refractivity contribution in [2.24, 2.45) is 0 Å². The fraction of sp³-hybridized carbons (Fsp3) is 0.609. The van der Waals surface area contributed by atoms with Crippen molar-refractivity contribution >= 4 is 6.09 Å². The summed E-state index contributed by atoms with van der Waals surface area (Å²) in [5.74, 6) is 2.30. The number of carbonyl (C=O) groups excluding carboxylic acids is 1. The number of piperazine rings is 1. The van der Waals surface area contributed by atoms with Crippen LogP contribution in [0.25, 0.3) is 0 Å². The number of benzene rings is 1. The van der Waals surface area contributed by atoms with Crippen molar-refractivity contribution in [2.45, 2.75) is 30.7 Å². The molecule has 1 aliphatic carbocycles. The monoisotopic (exact) mass is 415 g/mol. The Labute approximate surface area is 179 Å². The van der Waals surface area contributed by atoms with Crippen molar-refractivity contribution in [3.63, 3.8) is 0 Å². The van der Waals surface area contributed by atoms with Crippen molar-refractivity contribution in [3.8, 4) is 11.5 Å². The number of likely N-dealkylation sites (tertiary alicyclic amines) is 1. The lowest BCUT2D eigenvalue weighted by Crippen LogP contribution is -2.47. The molecule has 164 valence electrons. The van der Waals surface area contributed by atoms with Crippen LogP contribution >= 0.6 is 0 Å². The Bertz CT molecular complexity index is 819. The summed E-state index contributed by atoms with van der Waals surface area (Å²) in [6, 6.07) is 6.45. The zero-order valence-corrected chi connectivity index (χ0v) is 18.5. The molecule has 4 rings (SSSR count). The topological polar surface area (TPSA) is 54.5 Å². The molecule has 0 aromatic heterocycles. The van der Waals surface area contributed by atoms with Crippen LogP contribution in [0.5, 0.6) is 11.5 Å². The van der Waals surface area contributed by atoms with Crippen LogP contribution in [0.4, 0.5) is 4.79 Å². The second kappa shape index (κ2) is 8.47. The number of fused-ring (bicyclic) bond motifs is 1. The highest BCUT2D eigenvalue weighted by Crippen LogP contribution is 2.49. The molecule has 2 saturated heterocycles. The molecule has 0 spiro atoms. The molecule has 7 nitrogen and oxygen atoms in total. The molecule has 0 unspecified atom stereocenters. The number of allylic oxidation sites excluding steroid dienone is 1. The zero-order valence-electron chi connectivity index (χ0n) is 18.5. The van der Waals surface area contributed by atoms with Gasteiger partial charge in [0.15, 0.2) is 11.5 Å². The minimum Gasteiger partial charge on any atom is -0.493 e. The van der Waals surface area contributed by atoms with E-state index < -0.39 is 0 Å². The molecule has 0 saturated carbocycles. The van der Waals surface area contributed by atoms with Gasteiger partial charge in [-0.15, -0.1) is 0 Å². The standard InChI is InChI=1S/C23H33N3O4/c1-24-11-13-26(14-12-24)22(27)30-18-7-8-23(9-10-25(2)21(23)16-18)17-5-6-19(28-3)20(15-17)29-4/h5-6,15-16,21H,7-14H2,1-4H3/t21-,23-/m0/s1. The zero-order chi connectivity index (χ0) is 21.3. The summed E-state index contributed by atoms with van der Waals surface area (Å²) in [6.45, 7) is 4.24. The number of hydrogen-bond donors (Lipinski definition) is 0. The Morgan fingerprint density at radius 2 is 1.73 bits per heavy atom. The molecule has 2 atom stereocenters. The number of nitrogens with zero attached hydrogens (tertiary/aromatic N) is 3. The van der Waals surface area contributed by atoms with Crippen LogP contribution in [-0.2, 0) is 10.2 Å². The lowest BCUT2D eigenvalue weighted by atomic mass is 9.68. The van der Waals surface area contributed by atoms with E-state index >= 15 is 0 Å². The predicted molar refractivity (Wildman–Crippen MR) is 115 cm³/mol. The smallest absolute Gasteiger partial charge is 0.414 e. The maximum Gasteiger partial charge on any atom is 0.414 e. The summed E-state index contributed by atoms with van der Waals surface area (Å²) in [5, 5.41) is 0. The highest BCUT2D eigenvalue weighted by Gasteiger charge is 2.48. The average Bonchev–Trinajstić information content (AvgIpc) is 3.11. The SMILES string of the molecule is COc1ccc([C@@]23CCC(OC(=O)N4CCN(C)CC4)=C[C@@H]2N(C)CC3)cc1OC. The van der Waals surface area contributed by atoms with Gasteiger partial charge in [0.25, 0.3) is 0 Å². The number of ether oxygens (including phenoxy) is 3. The summed E-state index contributed by atoms with van der Waals surface area (Å²) >= 11 is 0. The van der Waals surface area contributed by atoms with Crippen molar-refractivity contribution in [3.05, 3.63) is 35.6 Å². The summed E-state index contributed by atoms with van der Waals surface area (Å²) in [7, 11) is 7.56. The van der Waals surface area contributed by atoms with Gasteiger partial charge in [0.2, 0.25) is 0 Å². The van der Waals surface area contributed by atoms with Gasteiger partial charge in [-0.1, -0.05) is 6.07 Å². The van der Waals surface area contributed by atoms with Gasteiger partial charge in [-0.25, -0.2) is 4.79 Å². The first kappa shape index (κ1) is 21.0. The molecule has 30 heavy (non-hydrogen) atoms. The molecule has 3 aliphatic rings. The highest BCUT2D eigenvalue weighted by atomic mass is 16.6. The van der Waals surface area contributed by atoms with Crippen LogP contribution in [0.1, 0.15) is 24.8 Å². The number of rotatable bonds is 4. The van der Waals surface area contributed by atoms with Crippen molar-refractivity contribution in [2.75, 3.05) is 61.0 Å². The lowest BCUT2D eigenvalue weighted by molar-refractivity contribution is 0.0956. The molecule has 0 N–H and O–H groups in total. The molecular weight excluding hydrogens is 382 g/mol. The second-order valence-corrected chi connectivity index (χ2v) is 8.69. The molecule has 2 aliphatic heterocycles. The van der Waals surface area contributed by atoms with Gasteiger partial charge in [0.05, 0.1) is 14.2 Å². The van der Waals surface area contributed by atoms with Gasteiger partial charge in [0, 0.05) is 44.1 Å². The van der Waals surface area contributed by atoms with E-state index in [1.165, 1.54) is 5.56 Å². The second-order valence-electron chi connectivity index (χ2n) is 8.69. The van der Waals surface area contributed by atoms with E-state index in [1.807, 2.05) is 11.0 Å². The molecule has 2 fully saturated rings. The first-order valence-corrected chi connectivity index (χ1v) is 10.8. The van der Waals surface area contributed by atoms with Gasteiger partial charge in [-0.3, -0.25) is 4.90 Å². The Kier molecular flexibility index (Phi) is 5.93. The van der Waals surface area contributed by atoms with Crippen LogP contribution in [0, 0.1) is 0 Å². The van der Waals surface area contributed by atoms with Crippen molar-refractivity contribution in [1.29, 1.82) is 0 Å². The lowest BCUT2D eigenvalue weighted by Gasteiger charge is -2.40. The van der Waals surface area contributed by atoms with Crippen molar-refractivity contribution < 1.29 is 19.0 Å². The van der Waals surface area contributed by atoms with Crippen LogP contribution in [0.15, 0.2) is 30.0 Å². The van der Waals surface area contributed by atoms with E-state index in [-0.39, 0.29) is 17.6 Å². The van der Waals surface area contributed by atoms with Crippen LogP contribution < -0.4 is 9.47 Å². The normalized spacial score (nSPS) is 27.4. The quantitative estimate of drug-likeness (QED) is 0.754. The third kappa shape index (κ3) is 3.76. The summed E-state index contributed by atoms with van der Waals surface area (Å²) in [5.41, 5.74) is 1.26. The summed E-state index contributed by atoms with van der Waals surface area (Å²) < 4.78 is 16.8. The Morgan fingerprint density at radius 3 is 2.43 bits per heavy atom. The van der Waals surface area contributed by atoms with Gasteiger partial charge >= 0.3 is 6.09 Å². The number of hydrogen-bond acceptors (Lipinski definition) is 6. The highest BCUT2D eigenvalue weighted by molar-refractivity contribution is 5.69. The Balaban J connectivity index is 1.55. The number of methoxy groups -OCH3 is 2. The Morgan fingerprint density at radius 1 is 1.00 bits per heavy atom. The van der Waals surface area contributed by atoms with E-state index in [1.54, 1.807) is 14.2 Å². The predicted octanol–water partition coefficient (Wildman–Crippen LogP) is 2.71. The maximum absolute atomic E-state index is 12.7. The molecule has 1 aromatic carbocycles. The third-order valence-electron chi connectivity index (χ3n) is 7.05.